The molecular formula is C18H21N3O2S. The predicted molar refractivity (Wildman–Crippen MR) is 93.9 cm³/mol. The van der Waals surface area contributed by atoms with Gasteiger partial charge in [0.15, 0.2) is 0 Å². The van der Waals surface area contributed by atoms with E-state index in [4.69, 9.17) is 0 Å². The zero-order valence-corrected chi connectivity index (χ0v) is 14.3. The minimum atomic E-state index is -0.119. The van der Waals surface area contributed by atoms with Gasteiger partial charge in [-0.05, 0) is 36.4 Å². The molecule has 1 aliphatic rings. The Hall–Kier alpha value is -2.21. The summed E-state index contributed by atoms with van der Waals surface area (Å²) >= 11 is 1.45. The standard InChI is InChI=1S/C18H21N3O2S/c22-17(20-10-8-15-6-1-2-9-19-15)14-5-3-11-21(13-14)18(23)16-7-4-12-24-16/h1-2,4,6-7,9,12,14H,3,5,8,10-11,13H2,(H,20,22)/t14-/m1/s1. The second kappa shape index (κ2) is 8.06. The molecule has 5 nitrogen and oxygen atoms in total. The van der Waals surface area contributed by atoms with Crippen molar-refractivity contribution in [2.24, 2.45) is 5.92 Å². The molecule has 0 spiro atoms. The summed E-state index contributed by atoms with van der Waals surface area (Å²) < 4.78 is 0. The molecule has 3 heterocycles. The van der Waals surface area contributed by atoms with E-state index in [1.807, 2.05) is 35.7 Å². The number of rotatable bonds is 5. The molecule has 24 heavy (non-hydrogen) atoms. The molecule has 126 valence electrons. The first-order valence-corrected chi connectivity index (χ1v) is 9.12. The molecule has 2 aromatic rings. The Balaban J connectivity index is 1.49. The van der Waals surface area contributed by atoms with Crippen LogP contribution in [0.2, 0.25) is 0 Å². The van der Waals surface area contributed by atoms with Crippen molar-refractivity contribution in [1.82, 2.24) is 15.2 Å². The van der Waals surface area contributed by atoms with Crippen LogP contribution in [0.25, 0.3) is 0 Å². The van der Waals surface area contributed by atoms with E-state index >= 15 is 0 Å². The largest absolute Gasteiger partial charge is 0.355 e. The zero-order chi connectivity index (χ0) is 16.8. The highest BCUT2D eigenvalue weighted by atomic mass is 32.1. The quantitative estimate of drug-likeness (QED) is 0.906. The number of piperidine rings is 1. The fourth-order valence-electron chi connectivity index (χ4n) is 2.94. The van der Waals surface area contributed by atoms with Crippen molar-refractivity contribution in [2.75, 3.05) is 19.6 Å². The van der Waals surface area contributed by atoms with Crippen LogP contribution in [0.4, 0.5) is 0 Å². The monoisotopic (exact) mass is 343 g/mol. The third-order valence-corrected chi connectivity index (χ3v) is 5.08. The fourth-order valence-corrected chi connectivity index (χ4v) is 3.63. The van der Waals surface area contributed by atoms with Crippen molar-refractivity contribution in [3.8, 4) is 0 Å². The highest BCUT2D eigenvalue weighted by molar-refractivity contribution is 7.12. The van der Waals surface area contributed by atoms with Crippen molar-refractivity contribution >= 4 is 23.2 Å². The summed E-state index contributed by atoms with van der Waals surface area (Å²) in [7, 11) is 0. The topological polar surface area (TPSA) is 62.3 Å². The van der Waals surface area contributed by atoms with Gasteiger partial charge in [-0.25, -0.2) is 0 Å². The van der Waals surface area contributed by atoms with Crippen molar-refractivity contribution in [3.05, 3.63) is 52.5 Å². The van der Waals surface area contributed by atoms with Crippen LogP contribution < -0.4 is 5.32 Å². The summed E-state index contributed by atoms with van der Waals surface area (Å²) in [6.07, 6.45) is 4.18. The minimum absolute atomic E-state index is 0.0367. The van der Waals surface area contributed by atoms with Crippen molar-refractivity contribution in [2.45, 2.75) is 19.3 Å². The van der Waals surface area contributed by atoms with E-state index in [1.54, 1.807) is 11.1 Å². The number of amides is 2. The first-order chi connectivity index (χ1) is 11.7. The molecule has 0 unspecified atom stereocenters. The summed E-state index contributed by atoms with van der Waals surface area (Å²) in [5.74, 6) is -0.0445. The molecule has 1 fully saturated rings. The second-order valence-corrected chi connectivity index (χ2v) is 6.88. The van der Waals surface area contributed by atoms with Gasteiger partial charge in [-0.15, -0.1) is 11.3 Å². The lowest BCUT2D eigenvalue weighted by atomic mass is 9.97. The first-order valence-electron chi connectivity index (χ1n) is 8.24. The lowest BCUT2D eigenvalue weighted by molar-refractivity contribution is -0.126. The van der Waals surface area contributed by atoms with E-state index in [1.165, 1.54) is 11.3 Å². The van der Waals surface area contributed by atoms with Crippen LogP contribution in [0.5, 0.6) is 0 Å². The van der Waals surface area contributed by atoms with Crippen LogP contribution in [0.1, 0.15) is 28.2 Å². The highest BCUT2D eigenvalue weighted by Gasteiger charge is 2.29. The highest BCUT2D eigenvalue weighted by Crippen LogP contribution is 2.20. The Morgan fingerprint density at radius 3 is 2.96 bits per heavy atom. The predicted octanol–water partition coefficient (Wildman–Crippen LogP) is 2.35. The first kappa shape index (κ1) is 16.6. The molecule has 6 heteroatoms. The van der Waals surface area contributed by atoms with Gasteiger partial charge >= 0.3 is 0 Å². The smallest absolute Gasteiger partial charge is 0.263 e. The number of thiophene rings is 1. The van der Waals surface area contributed by atoms with Crippen LogP contribution >= 0.6 is 11.3 Å². The maximum Gasteiger partial charge on any atom is 0.263 e. The SMILES string of the molecule is O=C(NCCc1ccccn1)[C@@H]1CCCN(C(=O)c2cccs2)C1. The third-order valence-electron chi connectivity index (χ3n) is 4.22. The number of pyridine rings is 1. The number of carbonyl (C=O) groups is 2. The molecule has 0 aliphatic carbocycles. The van der Waals surface area contributed by atoms with Crippen LogP contribution in [0.3, 0.4) is 0 Å². The van der Waals surface area contributed by atoms with Crippen molar-refractivity contribution < 1.29 is 9.59 Å². The van der Waals surface area contributed by atoms with E-state index in [0.717, 1.165) is 36.4 Å². The van der Waals surface area contributed by atoms with Gasteiger partial charge in [0.05, 0.1) is 10.8 Å². The molecule has 1 saturated heterocycles. The number of likely N-dealkylation sites (tertiary alicyclic amines) is 1. The van der Waals surface area contributed by atoms with Crippen molar-refractivity contribution in [3.63, 3.8) is 0 Å². The number of nitrogens with one attached hydrogen (secondary N) is 1. The van der Waals surface area contributed by atoms with Gasteiger partial charge in [0.25, 0.3) is 5.91 Å². The summed E-state index contributed by atoms with van der Waals surface area (Å²) in [5.41, 5.74) is 0.968. The van der Waals surface area contributed by atoms with Gasteiger partial charge in [0.2, 0.25) is 5.91 Å². The minimum Gasteiger partial charge on any atom is -0.355 e. The maximum absolute atomic E-state index is 12.4. The molecule has 1 N–H and O–H groups in total. The molecule has 0 saturated carbocycles. The molecule has 1 aliphatic heterocycles. The van der Waals surface area contributed by atoms with Crippen LogP contribution in [0, 0.1) is 5.92 Å². The number of hydrogen-bond donors (Lipinski definition) is 1. The molecule has 0 radical (unpaired) electrons. The summed E-state index contributed by atoms with van der Waals surface area (Å²) in [5, 5.41) is 4.88. The normalized spacial score (nSPS) is 17.5. The molecule has 1 atom stereocenters. The third kappa shape index (κ3) is 4.20. The lowest BCUT2D eigenvalue weighted by Crippen LogP contribution is -2.45. The molecule has 2 aromatic heterocycles. The van der Waals surface area contributed by atoms with Gasteiger partial charge in [-0.2, -0.15) is 0 Å². The number of hydrogen-bond acceptors (Lipinski definition) is 4. The van der Waals surface area contributed by atoms with E-state index in [-0.39, 0.29) is 17.7 Å². The van der Waals surface area contributed by atoms with Crippen LogP contribution in [0.15, 0.2) is 41.9 Å². The van der Waals surface area contributed by atoms with Gasteiger partial charge in [0, 0.05) is 37.9 Å². The Kier molecular flexibility index (Phi) is 5.59. The number of carbonyl (C=O) groups excluding carboxylic acids is 2. The Morgan fingerprint density at radius 2 is 2.21 bits per heavy atom. The second-order valence-electron chi connectivity index (χ2n) is 5.93. The van der Waals surface area contributed by atoms with Crippen LogP contribution in [-0.2, 0) is 11.2 Å². The van der Waals surface area contributed by atoms with Gasteiger partial charge in [-0.3, -0.25) is 14.6 Å². The van der Waals surface area contributed by atoms with E-state index in [2.05, 4.69) is 10.3 Å². The Labute approximate surface area is 145 Å². The Bertz CT molecular complexity index is 673. The Morgan fingerprint density at radius 1 is 1.29 bits per heavy atom. The number of nitrogens with zero attached hydrogens (tertiary/aromatic N) is 2. The summed E-state index contributed by atoms with van der Waals surface area (Å²) in [4.78, 5) is 31.6. The summed E-state index contributed by atoms with van der Waals surface area (Å²) in [6, 6.07) is 9.49. The van der Waals surface area contributed by atoms with E-state index < -0.39 is 0 Å². The van der Waals surface area contributed by atoms with Crippen LogP contribution in [-0.4, -0.2) is 41.3 Å². The van der Waals surface area contributed by atoms with E-state index in [0.29, 0.717) is 13.1 Å². The molecule has 0 aromatic carbocycles. The zero-order valence-electron chi connectivity index (χ0n) is 13.5. The molecule has 0 bridgehead atoms. The average molecular weight is 343 g/mol. The summed E-state index contributed by atoms with van der Waals surface area (Å²) in [6.45, 7) is 1.81. The van der Waals surface area contributed by atoms with Gasteiger partial charge in [0.1, 0.15) is 0 Å². The van der Waals surface area contributed by atoms with Gasteiger partial charge < -0.3 is 10.2 Å². The number of aromatic nitrogens is 1. The molecular weight excluding hydrogens is 322 g/mol. The maximum atomic E-state index is 12.4. The van der Waals surface area contributed by atoms with Gasteiger partial charge in [-0.1, -0.05) is 12.1 Å². The van der Waals surface area contributed by atoms with E-state index in [9.17, 15) is 9.59 Å². The average Bonchev–Trinajstić information content (AvgIpc) is 3.16. The van der Waals surface area contributed by atoms with Crippen molar-refractivity contribution in [1.29, 1.82) is 0 Å². The fraction of sp³-hybridized carbons (Fsp3) is 0.389. The molecule has 3 rings (SSSR count). The lowest BCUT2D eigenvalue weighted by Gasteiger charge is -2.31. The molecule has 2 amide bonds.